The van der Waals surface area contributed by atoms with Crippen LogP contribution in [0, 0.1) is 6.92 Å². The summed E-state index contributed by atoms with van der Waals surface area (Å²) in [4.78, 5) is 23.0. The highest BCUT2D eigenvalue weighted by Gasteiger charge is 2.23. The maximum atomic E-state index is 12.5. The van der Waals surface area contributed by atoms with Crippen molar-refractivity contribution in [2.75, 3.05) is 25.4 Å². The third kappa shape index (κ3) is 4.33. The van der Waals surface area contributed by atoms with Crippen molar-refractivity contribution in [1.29, 1.82) is 0 Å². The summed E-state index contributed by atoms with van der Waals surface area (Å²) in [5.74, 6) is 0.0277. The van der Waals surface area contributed by atoms with Gasteiger partial charge in [0.05, 0.1) is 17.3 Å². The summed E-state index contributed by atoms with van der Waals surface area (Å²) in [6, 6.07) is 10.6. The molecule has 1 fully saturated rings. The van der Waals surface area contributed by atoms with Crippen LogP contribution in [-0.4, -0.2) is 40.4 Å². The lowest BCUT2D eigenvalue weighted by atomic mass is 10.0. The van der Waals surface area contributed by atoms with Gasteiger partial charge in [-0.2, -0.15) is 0 Å². The Morgan fingerprint density at radius 2 is 1.96 bits per heavy atom. The molecule has 1 aromatic heterocycles. The quantitative estimate of drug-likeness (QED) is 0.873. The van der Waals surface area contributed by atoms with Crippen molar-refractivity contribution < 1.29 is 4.79 Å². The topological polar surface area (TPSA) is 84.1 Å². The van der Waals surface area contributed by atoms with Gasteiger partial charge < -0.3 is 11.1 Å². The van der Waals surface area contributed by atoms with Crippen LogP contribution in [0.4, 0.5) is 5.95 Å². The Bertz CT molecular complexity index is 713. The number of amides is 1. The van der Waals surface area contributed by atoms with Gasteiger partial charge in [0.2, 0.25) is 5.95 Å². The van der Waals surface area contributed by atoms with Crippen molar-refractivity contribution in [2.24, 2.45) is 0 Å². The number of carbonyl (C=O) groups is 1. The molecule has 6 heteroatoms. The van der Waals surface area contributed by atoms with E-state index < -0.39 is 0 Å². The number of carbonyl (C=O) groups excluding carboxylic acids is 1. The lowest BCUT2D eigenvalue weighted by Gasteiger charge is -2.35. The molecule has 1 aromatic carbocycles. The highest BCUT2D eigenvalue weighted by molar-refractivity contribution is 5.95. The van der Waals surface area contributed by atoms with Gasteiger partial charge in [-0.3, -0.25) is 9.69 Å². The van der Waals surface area contributed by atoms with Gasteiger partial charge in [0.25, 0.3) is 5.91 Å². The van der Waals surface area contributed by atoms with E-state index in [2.05, 4.69) is 32.3 Å². The van der Waals surface area contributed by atoms with Crippen LogP contribution in [-0.2, 0) is 0 Å². The van der Waals surface area contributed by atoms with E-state index >= 15 is 0 Å². The molecular formula is C19H25N5O. The average Bonchev–Trinajstić information content (AvgIpc) is 2.63. The molecule has 1 atom stereocenters. The van der Waals surface area contributed by atoms with E-state index in [1.165, 1.54) is 31.0 Å². The van der Waals surface area contributed by atoms with Gasteiger partial charge in [-0.05, 0) is 38.4 Å². The molecule has 132 valence electrons. The predicted octanol–water partition coefficient (Wildman–Crippen LogP) is 2.32. The van der Waals surface area contributed by atoms with Crippen LogP contribution >= 0.6 is 0 Å². The van der Waals surface area contributed by atoms with Gasteiger partial charge in [0, 0.05) is 12.7 Å². The minimum atomic E-state index is -0.157. The average molecular weight is 339 g/mol. The summed E-state index contributed by atoms with van der Waals surface area (Å²) >= 11 is 0. The summed E-state index contributed by atoms with van der Waals surface area (Å²) in [5, 5.41) is 3.05. The third-order valence-corrected chi connectivity index (χ3v) is 4.71. The number of benzene rings is 1. The minimum absolute atomic E-state index is 0.157. The SMILES string of the molecule is Cc1nc(N)ncc1C(=O)NC[C@H](c1ccccc1)N1CCCCC1. The highest BCUT2D eigenvalue weighted by Crippen LogP contribution is 2.24. The monoisotopic (exact) mass is 339 g/mol. The molecule has 2 heterocycles. The summed E-state index contributed by atoms with van der Waals surface area (Å²) in [6.07, 6.45) is 5.20. The molecule has 2 aromatic rings. The molecule has 1 aliphatic heterocycles. The van der Waals surface area contributed by atoms with Gasteiger partial charge in [0.15, 0.2) is 0 Å². The van der Waals surface area contributed by atoms with E-state index in [4.69, 9.17) is 5.73 Å². The number of likely N-dealkylation sites (tertiary alicyclic amines) is 1. The number of nitrogens with two attached hydrogens (primary N) is 1. The van der Waals surface area contributed by atoms with Gasteiger partial charge in [-0.15, -0.1) is 0 Å². The van der Waals surface area contributed by atoms with Gasteiger partial charge >= 0.3 is 0 Å². The zero-order chi connectivity index (χ0) is 17.6. The molecule has 3 N–H and O–H groups in total. The Labute approximate surface area is 148 Å². The standard InChI is InChI=1S/C19H25N5O/c1-14-16(12-22-19(20)23-14)18(25)21-13-17(15-8-4-2-5-9-15)24-10-6-3-7-11-24/h2,4-5,8-9,12,17H,3,6-7,10-11,13H2,1H3,(H,21,25)(H2,20,22,23)/t17-/m1/s1. The van der Waals surface area contributed by atoms with Gasteiger partial charge in [0.1, 0.15) is 0 Å². The number of nitrogens with zero attached hydrogens (tertiary/aromatic N) is 3. The molecule has 0 aliphatic carbocycles. The second-order valence-electron chi connectivity index (χ2n) is 6.46. The van der Waals surface area contributed by atoms with Crippen LogP contribution in [0.25, 0.3) is 0 Å². The third-order valence-electron chi connectivity index (χ3n) is 4.71. The molecule has 1 amide bonds. The Kier molecular flexibility index (Phi) is 5.60. The largest absolute Gasteiger partial charge is 0.368 e. The first kappa shape index (κ1) is 17.4. The van der Waals surface area contributed by atoms with E-state index in [-0.39, 0.29) is 17.9 Å². The first-order valence-electron chi connectivity index (χ1n) is 8.81. The van der Waals surface area contributed by atoms with Crippen LogP contribution < -0.4 is 11.1 Å². The number of rotatable bonds is 5. The number of hydrogen-bond acceptors (Lipinski definition) is 5. The van der Waals surface area contributed by atoms with Gasteiger partial charge in [-0.25, -0.2) is 9.97 Å². The first-order chi connectivity index (χ1) is 12.1. The van der Waals surface area contributed by atoms with Crippen LogP contribution in [0.3, 0.4) is 0 Å². The molecule has 6 nitrogen and oxygen atoms in total. The van der Waals surface area contributed by atoms with Crippen LogP contribution in [0.15, 0.2) is 36.5 Å². The fourth-order valence-electron chi connectivity index (χ4n) is 3.36. The maximum Gasteiger partial charge on any atom is 0.254 e. The van der Waals surface area contributed by atoms with Crippen molar-refractivity contribution in [2.45, 2.75) is 32.2 Å². The molecule has 0 saturated carbocycles. The van der Waals surface area contributed by atoms with Crippen LogP contribution in [0.2, 0.25) is 0 Å². The normalized spacial score (nSPS) is 16.4. The van der Waals surface area contributed by atoms with E-state index in [9.17, 15) is 4.79 Å². The Balaban J connectivity index is 1.72. The maximum absolute atomic E-state index is 12.5. The first-order valence-corrected chi connectivity index (χ1v) is 8.81. The summed E-state index contributed by atoms with van der Waals surface area (Å²) in [6.45, 7) is 4.47. The fraction of sp³-hybridized carbons (Fsp3) is 0.421. The molecular weight excluding hydrogens is 314 g/mol. The summed E-state index contributed by atoms with van der Waals surface area (Å²) in [7, 11) is 0. The van der Waals surface area contributed by atoms with Crippen LogP contribution in [0.1, 0.15) is 46.9 Å². The molecule has 0 spiro atoms. The molecule has 1 saturated heterocycles. The van der Waals surface area contributed by atoms with Crippen molar-refractivity contribution in [3.8, 4) is 0 Å². The predicted molar refractivity (Wildman–Crippen MR) is 98.1 cm³/mol. The molecule has 0 unspecified atom stereocenters. The number of nitrogens with one attached hydrogen (secondary N) is 1. The van der Waals surface area contributed by atoms with Crippen molar-refractivity contribution in [3.05, 3.63) is 53.3 Å². The fourth-order valence-corrected chi connectivity index (χ4v) is 3.36. The number of aromatic nitrogens is 2. The molecule has 3 rings (SSSR count). The molecule has 0 bridgehead atoms. The number of anilines is 1. The number of piperidine rings is 1. The highest BCUT2D eigenvalue weighted by atomic mass is 16.1. The van der Waals surface area contributed by atoms with E-state index in [1.807, 2.05) is 18.2 Å². The van der Waals surface area contributed by atoms with Gasteiger partial charge in [-0.1, -0.05) is 36.8 Å². The van der Waals surface area contributed by atoms with E-state index in [1.54, 1.807) is 6.92 Å². The van der Waals surface area contributed by atoms with Crippen molar-refractivity contribution in [1.82, 2.24) is 20.2 Å². The second-order valence-corrected chi connectivity index (χ2v) is 6.46. The number of hydrogen-bond donors (Lipinski definition) is 2. The lowest BCUT2D eigenvalue weighted by molar-refractivity contribution is 0.0923. The number of nitrogen functional groups attached to an aromatic ring is 1. The lowest BCUT2D eigenvalue weighted by Crippen LogP contribution is -2.40. The summed E-state index contributed by atoms with van der Waals surface area (Å²) < 4.78 is 0. The Morgan fingerprint density at radius 1 is 1.24 bits per heavy atom. The molecule has 25 heavy (non-hydrogen) atoms. The Morgan fingerprint density at radius 3 is 2.64 bits per heavy atom. The minimum Gasteiger partial charge on any atom is -0.368 e. The molecule has 0 radical (unpaired) electrons. The zero-order valence-electron chi connectivity index (χ0n) is 14.6. The van der Waals surface area contributed by atoms with E-state index in [0.717, 1.165) is 13.1 Å². The second kappa shape index (κ2) is 8.07. The van der Waals surface area contributed by atoms with Crippen molar-refractivity contribution in [3.63, 3.8) is 0 Å². The van der Waals surface area contributed by atoms with E-state index in [0.29, 0.717) is 17.8 Å². The smallest absolute Gasteiger partial charge is 0.254 e. The zero-order valence-corrected chi connectivity index (χ0v) is 14.6. The Hall–Kier alpha value is -2.47. The summed E-state index contributed by atoms with van der Waals surface area (Å²) in [5.41, 5.74) is 7.86. The molecule has 1 aliphatic rings. The van der Waals surface area contributed by atoms with Crippen molar-refractivity contribution >= 4 is 11.9 Å². The van der Waals surface area contributed by atoms with Crippen LogP contribution in [0.5, 0.6) is 0 Å². The number of aryl methyl sites for hydroxylation is 1.